The Labute approximate surface area is 155 Å². The van der Waals surface area contributed by atoms with Gasteiger partial charge in [-0.15, -0.1) is 0 Å². The lowest BCUT2D eigenvalue weighted by molar-refractivity contribution is -0.141. The van der Waals surface area contributed by atoms with Crippen LogP contribution in [0.2, 0.25) is 0 Å². The van der Waals surface area contributed by atoms with E-state index in [-0.39, 0.29) is 24.2 Å². The molecule has 0 aromatic heterocycles. The highest BCUT2D eigenvalue weighted by Crippen LogP contribution is 2.29. The van der Waals surface area contributed by atoms with E-state index in [9.17, 15) is 9.59 Å². The zero-order valence-electron chi connectivity index (χ0n) is 15.7. The van der Waals surface area contributed by atoms with Gasteiger partial charge in [0, 0.05) is 13.0 Å². The Kier molecular flexibility index (Phi) is 5.52. The first-order chi connectivity index (χ1) is 12.5. The number of nitrogens with zero attached hydrogens (tertiary/aromatic N) is 2. The molecule has 4 nitrogen and oxygen atoms in total. The van der Waals surface area contributed by atoms with Crippen molar-refractivity contribution in [2.75, 3.05) is 13.7 Å². The van der Waals surface area contributed by atoms with Crippen molar-refractivity contribution < 1.29 is 9.59 Å². The third kappa shape index (κ3) is 4.02. The molecule has 1 heterocycles. The molecule has 4 heteroatoms. The highest BCUT2D eigenvalue weighted by Gasteiger charge is 2.39. The molecule has 0 aliphatic carbocycles. The van der Waals surface area contributed by atoms with Gasteiger partial charge in [0.05, 0.1) is 12.6 Å². The maximum atomic E-state index is 12.7. The van der Waals surface area contributed by atoms with Crippen LogP contribution in [0.3, 0.4) is 0 Å². The van der Waals surface area contributed by atoms with E-state index in [1.165, 1.54) is 16.0 Å². The zero-order valence-corrected chi connectivity index (χ0v) is 15.7. The summed E-state index contributed by atoms with van der Waals surface area (Å²) in [6, 6.07) is 18.1. The molecule has 1 fully saturated rings. The standard InChI is InChI=1S/C22H26N2O2/c1-16(2)18-11-9-17(10-12-18)14-23(3)15-24-21(25)13-20(22(24)26)19-7-5-4-6-8-19/h4-12,16,20H,13-15H2,1-3H3/t20-/m0/s1. The van der Waals surface area contributed by atoms with Gasteiger partial charge in [-0.25, -0.2) is 0 Å². The van der Waals surface area contributed by atoms with Gasteiger partial charge in [-0.3, -0.25) is 19.4 Å². The molecule has 2 aromatic rings. The van der Waals surface area contributed by atoms with Crippen molar-refractivity contribution in [1.82, 2.24) is 9.80 Å². The molecule has 26 heavy (non-hydrogen) atoms. The van der Waals surface area contributed by atoms with E-state index in [2.05, 4.69) is 38.1 Å². The molecule has 136 valence electrons. The molecule has 1 aliphatic rings. The number of benzene rings is 2. The summed E-state index contributed by atoms with van der Waals surface area (Å²) in [6.07, 6.45) is 0.264. The third-order valence-electron chi connectivity index (χ3n) is 4.93. The van der Waals surface area contributed by atoms with Crippen molar-refractivity contribution in [3.05, 3.63) is 71.3 Å². The summed E-state index contributed by atoms with van der Waals surface area (Å²) in [7, 11) is 1.94. The molecule has 0 saturated carbocycles. The summed E-state index contributed by atoms with van der Waals surface area (Å²) in [4.78, 5) is 28.5. The predicted octanol–water partition coefficient (Wildman–Crippen LogP) is 3.74. The van der Waals surface area contributed by atoms with Gasteiger partial charge in [-0.05, 0) is 29.7 Å². The first-order valence-electron chi connectivity index (χ1n) is 9.12. The number of likely N-dealkylation sites (tertiary alicyclic amines) is 1. The van der Waals surface area contributed by atoms with Crippen LogP contribution >= 0.6 is 0 Å². The molecule has 3 rings (SSSR count). The van der Waals surface area contributed by atoms with Crippen LogP contribution in [-0.4, -0.2) is 35.3 Å². The van der Waals surface area contributed by atoms with Crippen molar-refractivity contribution in [2.24, 2.45) is 0 Å². The minimum atomic E-state index is -0.345. The third-order valence-corrected chi connectivity index (χ3v) is 4.93. The second-order valence-electron chi connectivity index (χ2n) is 7.38. The van der Waals surface area contributed by atoms with Crippen LogP contribution in [0.5, 0.6) is 0 Å². The highest BCUT2D eigenvalue weighted by atomic mass is 16.2. The normalized spacial score (nSPS) is 17.6. The van der Waals surface area contributed by atoms with Crippen molar-refractivity contribution in [1.29, 1.82) is 0 Å². The van der Waals surface area contributed by atoms with E-state index < -0.39 is 0 Å². The average molecular weight is 350 g/mol. The number of hydrogen-bond donors (Lipinski definition) is 0. The first kappa shape index (κ1) is 18.3. The van der Waals surface area contributed by atoms with Crippen molar-refractivity contribution in [3.8, 4) is 0 Å². The van der Waals surface area contributed by atoms with Gasteiger partial charge in [-0.2, -0.15) is 0 Å². The van der Waals surface area contributed by atoms with Crippen molar-refractivity contribution in [2.45, 2.75) is 38.6 Å². The second-order valence-corrected chi connectivity index (χ2v) is 7.38. The minimum Gasteiger partial charge on any atom is -0.284 e. The smallest absolute Gasteiger partial charge is 0.238 e. The van der Waals surface area contributed by atoms with Crippen molar-refractivity contribution >= 4 is 11.8 Å². The summed E-state index contributed by atoms with van der Waals surface area (Å²) in [5, 5.41) is 0. The van der Waals surface area contributed by atoms with Crippen LogP contribution in [-0.2, 0) is 16.1 Å². The molecule has 1 saturated heterocycles. The van der Waals surface area contributed by atoms with Crippen LogP contribution < -0.4 is 0 Å². The average Bonchev–Trinajstić information content (AvgIpc) is 2.91. The number of amides is 2. The Balaban J connectivity index is 1.62. The predicted molar refractivity (Wildman–Crippen MR) is 103 cm³/mol. The van der Waals surface area contributed by atoms with Gasteiger partial charge in [0.2, 0.25) is 11.8 Å². The summed E-state index contributed by atoms with van der Waals surface area (Å²) < 4.78 is 0. The summed E-state index contributed by atoms with van der Waals surface area (Å²) in [5.41, 5.74) is 3.41. The zero-order chi connectivity index (χ0) is 18.7. The maximum absolute atomic E-state index is 12.7. The largest absolute Gasteiger partial charge is 0.284 e. The molecular formula is C22H26N2O2. The molecule has 1 atom stereocenters. The molecule has 1 aliphatic heterocycles. The molecule has 0 radical (unpaired) electrons. The Morgan fingerprint density at radius 1 is 1.04 bits per heavy atom. The lowest BCUT2D eigenvalue weighted by Gasteiger charge is -2.23. The van der Waals surface area contributed by atoms with Gasteiger partial charge in [0.1, 0.15) is 0 Å². The van der Waals surface area contributed by atoms with Gasteiger partial charge >= 0.3 is 0 Å². The van der Waals surface area contributed by atoms with Crippen molar-refractivity contribution in [3.63, 3.8) is 0 Å². The maximum Gasteiger partial charge on any atom is 0.238 e. The van der Waals surface area contributed by atoms with Gasteiger partial charge in [0.15, 0.2) is 0 Å². The number of carbonyl (C=O) groups excluding carboxylic acids is 2. The minimum absolute atomic E-state index is 0.0918. The van der Waals surface area contributed by atoms with E-state index in [0.717, 1.165) is 5.56 Å². The van der Waals surface area contributed by atoms with Crippen LogP contribution in [0, 0.1) is 0 Å². The molecule has 2 aromatic carbocycles. The lowest BCUT2D eigenvalue weighted by atomic mass is 9.98. The van der Waals surface area contributed by atoms with Crippen LogP contribution in [0.1, 0.15) is 48.8 Å². The summed E-state index contributed by atoms with van der Waals surface area (Å²) in [6.45, 7) is 5.38. The van der Waals surface area contributed by atoms with E-state index >= 15 is 0 Å². The van der Waals surface area contributed by atoms with Gasteiger partial charge in [-0.1, -0.05) is 68.4 Å². The molecular weight excluding hydrogens is 324 g/mol. The number of carbonyl (C=O) groups is 2. The molecule has 2 amide bonds. The lowest BCUT2D eigenvalue weighted by Crippen LogP contribution is -2.39. The highest BCUT2D eigenvalue weighted by molar-refractivity contribution is 6.06. The quantitative estimate of drug-likeness (QED) is 0.745. The number of hydrogen-bond acceptors (Lipinski definition) is 3. The van der Waals surface area contributed by atoms with Crippen LogP contribution in [0.15, 0.2) is 54.6 Å². The number of rotatable bonds is 6. The van der Waals surface area contributed by atoms with Crippen LogP contribution in [0.25, 0.3) is 0 Å². The fourth-order valence-corrected chi connectivity index (χ4v) is 3.39. The molecule has 0 unspecified atom stereocenters. The Bertz CT molecular complexity index is 768. The van der Waals surface area contributed by atoms with E-state index in [4.69, 9.17) is 0 Å². The second kappa shape index (κ2) is 7.83. The fraction of sp³-hybridized carbons (Fsp3) is 0.364. The Hall–Kier alpha value is -2.46. The molecule has 0 bridgehead atoms. The SMILES string of the molecule is CC(C)c1ccc(CN(C)CN2C(=O)C[C@@H](c3ccccc3)C2=O)cc1. The van der Waals surface area contributed by atoms with Gasteiger partial charge in [0.25, 0.3) is 0 Å². The fourth-order valence-electron chi connectivity index (χ4n) is 3.39. The number of imide groups is 1. The Morgan fingerprint density at radius 2 is 1.69 bits per heavy atom. The van der Waals surface area contributed by atoms with Crippen LogP contribution in [0.4, 0.5) is 0 Å². The summed E-state index contributed by atoms with van der Waals surface area (Å²) >= 11 is 0. The topological polar surface area (TPSA) is 40.6 Å². The van der Waals surface area contributed by atoms with E-state index in [1.807, 2.05) is 42.3 Å². The first-order valence-corrected chi connectivity index (χ1v) is 9.12. The summed E-state index contributed by atoms with van der Waals surface area (Å²) in [5.74, 6) is -0.0203. The Morgan fingerprint density at radius 3 is 2.31 bits per heavy atom. The van der Waals surface area contributed by atoms with E-state index in [0.29, 0.717) is 19.1 Å². The molecule has 0 N–H and O–H groups in total. The van der Waals surface area contributed by atoms with Gasteiger partial charge < -0.3 is 0 Å². The monoisotopic (exact) mass is 350 g/mol. The van der Waals surface area contributed by atoms with E-state index in [1.54, 1.807) is 0 Å². The molecule has 0 spiro atoms.